The molecule has 0 aromatic heterocycles. The van der Waals surface area contributed by atoms with E-state index in [1.807, 2.05) is 38.1 Å². The first-order valence-electron chi connectivity index (χ1n) is 5.17. The van der Waals surface area contributed by atoms with Crippen molar-refractivity contribution < 1.29 is 9.90 Å². The third-order valence-corrected chi connectivity index (χ3v) is 2.18. The molecule has 0 fully saturated rings. The number of nitrogens with zero attached hydrogens (tertiary/aromatic N) is 2. The molecule has 0 unspecified atom stereocenters. The third-order valence-electron chi connectivity index (χ3n) is 2.18. The van der Waals surface area contributed by atoms with Crippen LogP contribution in [0.2, 0.25) is 0 Å². The number of carbonyl (C=O) groups is 1. The lowest BCUT2D eigenvalue weighted by atomic mass is 10.2. The van der Waals surface area contributed by atoms with Crippen molar-refractivity contribution in [3.05, 3.63) is 29.8 Å². The molecule has 16 heavy (non-hydrogen) atoms. The van der Waals surface area contributed by atoms with E-state index >= 15 is 0 Å². The van der Waals surface area contributed by atoms with Gasteiger partial charge in [0.1, 0.15) is 5.71 Å². The van der Waals surface area contributed by atoms with E-state index in [0.717, 1.165) is 11.3 Å². The highest BCUT2D eigenvalue weighted by Crippen LogP contribution is 2.15. The van der Waals surface area contributed by atoms with Crippen molar-refractivity contribution in [3.63, 3.8) is 0 Å². The maximum atomic E-state index is 10.7. The molecule has 0 aliphatic heterocycles. The Morgan fingerprint density at radius 2 is 2.19 bits per heavy atom. The number of hydrazone groups is 1. The lowest BCUT2D eigenvalue weighted by molar-refractivity contribution is -0.129. The average Bonchev–Trinajstić information content (AvgIpc) is 2.25. The van der Waals surface area contributed by atoms with Crippen molar-refractivity contribution in [1.29, 1.82) is 0 Å². The third kappa shape index (κ3) is 3.08. The molecule has 0 radical (unpaired) electrons. The highest BCUT2D eigenvalue weighted by Gasteiger charge is 2.07. The van der Waals surface area contributed by atoms with Crippen molar-refractivity contribution in [2.75, 3.05) is 11.6 Å². The van der Waals surface area contributed by atoms with Gasteiger partial charge in [0.2, 0.25) is 0 Å². The van der Waals surface area contributed by atoms with Crippen LogP contribution in [0.4, 0.5) is 5.69 Å². The van der Waals surface area contributed by atoms with Gasteiger partial charge in [-0.25, -0.2) is 4.79 Å². The maximum absolute atomic E-state index is 10.7. The molecule has 4 heteroatoms. The second-order valence-corrected chi connectivity index (χ2v) is 3.55. The Labute approximate surface area is 95.2 Å². The molecule has 0 amide bonds. The number of rotatable bonds is 4. The molecule has 1 aromatic carbocycles. The fourth-order valence-corrected chi connectivity index (χ4v) is 1.32. The van der Waals surface area contributed by atoms with E-state index in [2.05, 4.69) is 5.10 Å². The second kappa shape index (κ2) is 5.30. The van der Waals surface area contributed by atoms with Gasteiger partial charge in [0.25, 0.3) is 0 Å². The quantitative estimate of drug-likeness (QED) is 0.625. The maximum Gasteiger partial charge on any atom is 0.351 e. The molecular formula is C12H16N2O2. The van der Waals surface area contributed by atoms with E-state index in [1.54, 1.807) is 5.01 Å². The minimum absolute atomic E-state index is 0.0864. The number of carboxylic acid groups (broad SMARTS) is 1. The van der Waals surface area contributed by atoms with E-state index in [-0.39, 0.29) is 5.71 Å². The first-order valence-corrected chi connectivity index (χ1v) is 5.17. The van der Waals surface area contributed by atoms with Crippen LogP contribution in [0.5, 0.6) is 0 Å². The van der Waals surface area contributed by atoms with E-state index in [1.165, 1.54) is 6.92 Å². The van der Waals surface area contributed by atoms with Crippen LogP contribution >= 0.6 is 0 Å². The summed E-state index contributed by atoms with van der Waals surface area (Å²) in [6.07, 6.45) is 0. The number of hydrogen-bond acceptors (Lipinski definition) is 3. The number of benzene rings is 1. The summed E-state index contributed by atoms with van der Waals surface area (Å²) in [5, 5.41) is 14.5. The number of hydrogen-bond donors (Lipinski definition) is 1. The van der Waals surface area contributed by atoms with Crippen LogP contribution in [0, 0.1) is 6.92 Å². The molecule has 1 rings (SSSR count). The average molecular weight is 220 g/mol. The monoisotopic (exact) mass is 220 g/mol. The smallest absolute Gasteiger partial charge is 0.351 e. The van der Waals surface area contributed by atoms with Gasteiger partial charge in [-0.3, -0.25) is 5.01 Å². The van der Waals surface area contributed by atoms with Crippen molar-refractivity contribution in [2.24, 2.45) is 5.10 Å². The highest BCUT2D eigenvalue weighted by atomic mass is 16.4. The highest BCUT2D eigenvalue weighted by molar-refractivity contribution is 6.34. The van der Waals surface area contributed by atoms with E-state index < -0.39 is 5.97 Å². The zero-order valence-corrected chi connectivity index (χ0v) is 9.77. The SMILES string of the molecule is CCN(N=C(C)C(=O)O)c1cccc(C)c1. The van der Waals surface area contributed by atoms with Gasteiger partial charge in [-0.1, -0.05) is 12.1 Å². The Balaban J connectivity index is 2.99. The zero-order chi connectivity index (χ0) is 12.1. The first kappa shape index (κ1) is 12.2. The van der Waals surface area contributed by atoms with Gasteiger partial charge in [0, 0.05) is 6.54 Å². The summed E-state index contributed by atoms with van der Waals surface area (Å²) in [4.78, 5) is 10.7. The second-order valence-electron chi connectivity index (χ2n) is 3.55. The van der Waals surface area contributed by atoms with Crippen LogP contribution in [-0.2, 0) is 4.79 Å². The Kier molecular flexibility index (Phi) is 4.05. The molecule has 0 spiro atoms. The minimum Gasteiger partial charge on any atom is -0.477 e. The lowest BCUT2D eigenvalue weighted by Crippen LogP contribution is -2.20. The molecular weight excluding hydrogens is 204 g/mol. The first-order chi connectivity index (χ1) is 7.54. The predicted molar refractivity (Wildman–Crippen MR) is 64.9 cm³/mol. The summed E-state index contributed by atoms with van der Waals surface area (Å²) >= 11 is 0. The lowest BCUT2D eigenvalue weighted by Gasteiger charge is -2.17. The summed E-state index contributed by atoms with van der Waals surface area (Å²) in [5.74, 6) is -0.994. The van der Waals surface area contributed by atoms with Gasteiger partial charge in [-0.15, -0.1) is 0 Å². The molecule has 0 heterocycles. The van der Waals surface area contributed by atoms with Crippen LogP contribution in [0.25, 0.3) is 0 Å². The fraction of sp³-hybridized carbons (Fsp3) is 0.333. The summed E-state index contributed by atoms with van der Waals surface area (Å²) in [7, 11) is 0. The predicted octanol–water partition coefficient (Wildman–Crippen LogP) is 2.28. The fourth-order valence-electron chi connectivity index (χ4n) is 1.32. The van der Waals surface area contributed by atoms with E-state index in [0.29, 0.717) is 6.54 Å². The van der Waals surface area contributed by atoms with Crippen molar-refractivity contribution in [2.45, 2.75) is 20.8 Å². The Morgan fingerprint density at radius 3 is 2.69 bits per heavy atom. The van der Waals surface area contributed by atoms with Crippen LogP contribution in [0.3, 0.4) is 0 Å². The van der Waals surface area contributed by atoms with Gasteiger partial charge in [0.05, 0.1) is 5.69 Å². The molecule has 0 saturated heterocycles. The molecule has 0 saturated carbocycles. The molecule has 1 aromatic rings. The molecule has 0 atom stereocenters. The topological polar surface area (TPSA) is 52.9 Å². The zero-order valence-electron chi connectivity index (χ0n) is 9.77. The standard InChI is InChI=1S/C12H16N2O2/c1-4-14(13-10(3)12(15)16)11-7-5-6-9(2)8-11/h5-8H,4H2,1-3H3,(H,15,16). The molecule has 0 bridgehead atoms. The summed E-state index contributed by atoms with van der Waals surface area (Å²) in [6, 6.07) is 7.81. The van der Waals surface area contributed by atoms with E-state index in [4.69, 9.17) is 5.11 Å². The summed E-state index contributed by atoms with van der Waals surface area (Å²) in [5.41, 5.74) is 2.12. The van der Waals surface area contributed by atoms with Crippen LogP contribution in [0.1, 0.15) is 19.4 Å². The number of aliphatic carboxylic acids is 1. The van der Waals surface area contributed by atoms with Crippen molar-refractivity contribution >= 4 is 17.4 Å². The molecule has 1 N–H and O–H groups in total. The molecule has 4 nitrogen and oxygen atoms in total. The summed E-state index contributed by atoms with van der Waals surface area (Å²) in [6.45, 7) is 6.04. The summed E-state index contributed by atoms with van der Waals surface area (Å²) < 4.78 is 0. The van der Waals surface area contributed by atoms with Crippen LogP contribution < -0.4 is 5.01 Å². The Bertz CT molecular complexity index is 413. The largest absolute Gasteiger partial charge is 0.477 e. The van der Waals surface area contributed by atoms with Crippen LogP contribution in [0.15, 0.2) is 29.4 Å². The number of aryl methyl sites for hydroxylation is 1. The van der Waals surface area contributed by atoms with Gasteiger partial charge in [0.15, 0.2) is 0 Å². The Hall–Kier alpha value is -1.84. The van der Waals surface area contributed by atoms with Crippen molar-refractivity contribution in [1.82, 2.24) is 0 Å². The minimum atomic E-state index is -0.994. The Morgan fingerprint density at radius 1 is 1.50 bits per heavy atom. The van der Waals surface area contributed by atoms with E-state index in [9.17, 15) is 4.79 Å². The normalized spacial score (nSPS) is 11.3. The van der Waals surface area contributed by atoms with Crippen molar-refractivity contribution in [3.8, 4) is 0 Å². The van der Waals surface area contributed by atoms with Gasteiger partial charge < -0.3 is 5.11 Å². The number of anilines is 1. The van der Waals surface area contributed by atoms with Gasteiger partial charge in [-0.2, -0.15) is 5.10 Å². The van der Waals surface area contributed by atoms with Crippen LogP contribution in [-0.4, -0.2) is 23.3 Å². The molecule has 0 aliphatic rings. The number of carboxylic acids is 1. The van der Waals surface area contributed by atoms with Gasteiger partial charge in [-0.05, 0) is 38.5 Å². The van der Waals surface area contributed by atoms with Gasteiger partial charge >= 0.3 is 5.97 Å². The molecule has 86 valence electrons. The molecule has 0 aliphatic carbocycles.